The molecule has 34 heavy (non-hydrogen) atoms. The molecular formula is C25H25N3O3S3+2. The second-order valence-electron chi connectivity index (χ2n) is 8.59. The van der Waals surface area contributed by atoms with Gasteiger partial charge in [-0.05, 0) is 48.9 Å². The lowest BCUT2D eigenvalue weighted by molar-refractivity contribution is -0.629. The number of aryl methyl sites for hydroxylation is 3. The summed E-state index contributed by atoms with van der Waals surface area (Å²) < 4.78 is 39.9. The fraction of sp³-hybridized carbons (Fsp3) is 0.200. The van der Waals surface area contributed by atoms with Crippen molar-refractivity contribution in [2.24, 2.45) is 14.1 Å². The summed E-state index contributed by atoms with van der Waals surface area (Å²) in [6, 6.07) is 18.5. The summed E-state index contributed by atoms with van der Waals surface area (Å²) in [5, 5.41) is 2.10. The fourth-order valence-electron chi connectivity index (χ4n) is 4.30. The van der Waals surface area contributed by atoms with Crippen molar-refractivity contribution in [1.82, 2.24) is 0 Å². The molecule has 0 atom stereocenters. The summed E-state index contributed by atoms with van der Waals surface area (Å²) in [4.78, 5) is 2.07. The molecule has 0 bridgehead atoms. The number of aromatic nitrogens is 2. The van der Waals surface area contributed by atoms with Gasteiger partial charge >= 0.3 is 0 Å². The predicted molar refractivity (Wildman–Crippen MR) is 139 cm³/mol. The van der Waals surface area contributed by atoms with E-state index in [4.69, 9.17) is 0 Å². The van der Waals surface area contributed by atoms with Crippen LogP contribution in [0.3, 0.4) is 0 Å². The lowest BCUT2D eigenvalue weighted by Crippen LogP contribution is -2.29. The molecule has 2 heterocycles. The molecule has 5 aromatic rings. The van der Waals surface area contributed by atoms with Crippen LogP contribution in [0.1, 0.15) is 5.56 Å². The Bertz CT molecular complexity index is 1680. The molecule has 0 amide bonds. The van der Waals surface area contributed by atoms with Gasteiger partial charge in [-0.1, -0.05) is 28.7 Å². The molecule has 1 N–H and O–H groups in total. The maximum Gasteiger partial charge on any atom is 0.296 e. The van der Waals surface area contributed by atoms with E-state index in [1.54, 1.807) is 24.3 Å². The number of anilines is 1. The van der Waals surface area contributed by atoms with E-state index in [1.807, 2.05) is 31.8 Å². The Morgan fingerprint density at radius 2 is 1.41 bits per heavy atom. The smallest absolute Gasteiger partial charge is 0.296 e. The molecular weight excluding hydrogens is 486 g/mol. The highest BCUT2D eigenvalue weighted by Crippen LogP contribution is 2.37. The number of thiazole rings is 2. The summed E-state index contributed by atoms with van der Waals surface area (Å²) >= 11 is 3.11. The fourth-order valence-corrected chi connectivity index (χ4v) is 7.99. The summed E-state index contributed by atoms with van der Waals surface area (Å²) in [5.74, 6) is 0. The molecule has 6 nitrogen and oxygen atoms in total. The molecule has 0 radical (unpaired) electrons. The summed E-state index contributed by atoms with van der Waals surface area (Å²) in [5.41, 5.74) is 5.78. The minimum atomic E-state index is -4.33. The lowest BCUT2D eigenvalue weighted by atomic mass is 10.2. The Labute approximate surface area is 206 Å². The van der Waals surface area contributed by atoms with E-state index in [0.29, 0.717) is 10.3 Å². The van der Waals surface area contributed by atoms with Crippen LogP contribution < -0.4 is 14.0 Å². The zero-order valence-electron chi connectivity index (χ0n) is 19.5. The van der Waals surface area contributed by atoms with Gasteiger partial charge in [-0.15, -0.1) is 0 Å². The van der Waals surface area contributed by atoms with E-state index >= 15 is 0 Å². The van der Waals surface area contributed by atoms with Gasteiger partial charge in [0.05, 0.1) is 11.1 Å². The van der Waals surface area contributed by atoms with Crippen LogP contribution in [0.15, 0.2) is 59.5 Å². The van der Waals surface area contributed by atoms with Crippen molar-refractivity contribution < 1.29 is 22.1 Å². The van der Waals surface area contributed by atoms with Crippen LogP contribution in [0.2, 0.25) is 0 Å². The zero-order valence-corrected chi connectivity index (χ0v) is 22.0. The number of rotatable bonds is 4. The number of hydrogen-bond acceptors (Lipinski definition) is 5. The average molecular weight is 512 g/mol. The first-order chi connectivity index (χ1) is 16.1. The van der Waals surface area contributed by atoms with Gasteiger partial charge in [0.15, 0.2) is 0 Å². The van der Waals surface area contributed by atoms with E-state index < -0.39 is 10.1 Å². The maximum atomic E-state index is 12.1. The van der Waals surface area contributed by atoms with Crippen LogP contribution in [0.5, 0.6) is 0 Å². The van der Waals surface area contributed by atoms with E-state index in [1.165, 1.54) is 16.3 Å². The maximum absolute atomic E-state index is 12.1. The normalized spacial score (nSPS) is 12.1. The highest BCUT2D eigenvalue weighted by molar-refractivity contribution is 7.86. The van der Waals surface area contributed by atoms with Gasteiger partial charge in [-0.2, -0.15) is 17.6 Å². The predicted octanol–water partition coefficient (Wildman–Crippen LogP) is 4.72. The van der Waals surface area contributed by atoms with Gasteiger partial charge in [-0.3, -0.25) is 4.55 Å². The van der Waals surface area contributed by atoms with Crippen molar-refractivity contribution in [3.05, 3.63) is 60.2 Å². The third kappa shape index (κ3) is 3.69. The average Bonchev–Trinajstić information content (AvgIpc) is 3.29. The van der Waals surface area contributed by atoms with Crippen molar-refractivity contribution >= 4 is 58.9 Å². The Morgan fingerprint density at radius 3 is 2.06 bits per heavy atom. The second kappa shape index (κ2) is 8.13. The van der Waals surface area contributed by atoms with Gasteiger partial charge < -0.3 is 4.90 Å². The largest absolute Gasteiger partial charge is 0.378 e. The van der Waals surface area contributed by atoms with Crippen molar-refractivity contribution in [1.29, 1.82) is 0 Å². The molecule has 0 unspecified atom stereocenters. The van der Waals surface area contributed by atoms with Gasteiger partial charge in [0.25, 0.3) is 20.1 Å². The number of fused-ring (bicyclic) bond motifs is 2. The standard InChI is InChI=1S/C25H24N3O3S3/c1-15-6-12-20-22(23(15)34(29,30)31)33-25(28(20)5)17-9-13-19-21(14-17)32-24(27(19)4)16-7-10-18(11-8-16)26(2)3/h6-14H,1-5H3/q+1/p+1. The van der Waals surface area contributed by atoms with Crippen LogP contribution in [-0.2, 0) is 24.2 Å². The zero-order chi connectivity index (χ0) is 24.4. The summed E-state index contributed by atoms with van der Waals surface area (Å²) in [6.07, 6.45) is 0. The Kier molecular flexibility index (Phi) is 5.48. The van der Waals surface area contributed by atoms with Gasteiger partial charge in [-0.25, -0.2) is 0 Å². The number of nitrogens with zero attached hydrogens (tertiary/aromatic N) is 3. The van der Waals surface area contributed by atoms with Crippen LogP contribution in [0.25, 0.3) is 41.6 Å². The lowest BCUT2D eigenvalue weighted by Gasteiger charge is -2.11. The molecule has 5 rings (SSSR count). The van der Waals surface area contributed by atoms with Crippen LogP contribution >= 0.6 is 22.7 Å². The van der Waals surface area contributed by atoms with Gasteiger partial charge in [0, 0.05) is 31.9 Å². The van der Waals surface area contributed by atoms with E-state index in [-0.39, 0.29) is 4.90 Å². The third-order valence-corrected chi connectivity index (χ3v) is 9.86. The summed E-state index contributed by atoms with van der Waals surface area (Å²) in [6.45, 7) is 1.70. The molecule has 0 aliphatic rings. The van der Waals surface area contributed by atoms with Crippen molar-refractivity contribution in [2.45, 2.75) is 11.8 Å². The van der Waals surface area contributed by atoms with E-state index in [9.17, 15) is 13.0 Å². The molecule has 0 aliphatic carbocycles. The minimum Gasteiger partial charge on any atom is -0.378 e. The van der Waals surface area contributed by atoms with Crippen molar-refractivity contribution in [3.63, 3.8) is 0 Å². The molecule has 9 heteroatoms. The van der Waals surface area contributed by atoms with E-state index in [2.05, 4.69) is 59.0 Å². The first-order valence-electron chi connectivity index (χ1n) is 10.7. The number of benzene rings is 3. The quantitative estimate of drug-likeness (QED) is 0.280. The Hall–Kier alpha value is -2.85. The van der Waals surface area contributed by atoms with Crippen LogP contribution in [0, 0.1) is 6.92 Å². The topological polar surface area (TPSA) is 65.4 Å². The molecule has 0 spiro atoms. The van der Waals surface area contributed by atoms with Gasteiger partial charge in [0.2, 0.25) is 11.0 Å². The highest BCUT2D eigenvalue weighted by atomic mass is 32.2. The first-order valence-corrected chi connectivity index (χ1v) is 13.7. The summed E-state index contributed by atoms with van der Waals surface area (Å²) in [7, 11) is 3.74. The van der Waals surface area contributed by atoms with Crippen LogP contribution in [0.4, 0.5) is 5.69 Å². The monoisotopic (exact) mass is 511 g/mol. The molecule has 3 aromatic carbocycles. The van der Waals surface area contributed by atoms with Gasteiger partial charge in [0.1, 0.15) is 28.4 Å². The van der Waals surface area contributed by atoms with Crippen molar-refractivity contribution in [2.75, 3.05) is 19.0 Å². The van der Waals surface area contributed by atoms with E-state index in [0.717, 1.165) is 37.6 Å². The second-order valence-corrected chi connectivity index (χ2v) is 12.0. The highest BCUT2D eigenvalue weighted by Gasteiger charge is 2.28. The Balaban J connectivity index is 1.65. The Morgan fingerprint density at radius 1 is 0.824 bits per heavy atom. The van der Waals surface area contributed by atoms with Crippen LogP contribution in [-0.4, -0.2) is 27.1 Å². The molecule has 0 saturated heterocycles. The first kappa shape index (κ1) is 22.9. The SMILES string of the molecule is Cc1ccc2c(sc(-c3ccc4c(c3)sc(-c3ccc(N(C)C)cc3)[n+]4C)[n+]2C)c1S(=O)(=O)O. The molecule has 0 fully saturated rings. The van der Waals surface area contributed by atoms with Crippen molar-refractivity contribution in [3.8, 4) is 21.1 Å². The number of hydrogen-bond donors (Lipinski definition) is 1. The molecule has 0 saturated carbocycles. The molecule has 174 valence electrons. The minimum absolute atomic E-state index is 0.0103. The molecule has 2 aromatic heterocycles. The molecule has 0 aliphatic heterocycles. The third-order valence-electron chi connectivity index (χ3n) is 6.12.